The van der Waals surface area contributed by atoms with Crippen molar-refractivity contribution in [3.8, 4) is 0 Å². The second-order valence-electron chi connectivity index (χ2n) is 3.85. The molecule has 0 spiro atoms. The quantitative estimate of drug-likeness (QED) is 0.632. The monoisotopic (exact) mass is 252 g/mol. The van der Waals surface area contributed by atoms with Crippen LogP contribution in [-0.4, -0.2) is 19.4 Å². The van der Waals surface area contributed by atoms with Gasteiger partial charge in [-0.15, -0.1) is 5.10 Å². The number of rotatable bonds is 4. The van der Waals surface area contributed by atoms with Gasteiger partial charge >= 0.3 is 0 Å². The molecule has 0 aliphatic carbocycles. The first-order chi connectivity index (χ1) is 8.17. The van der Waals surface area contributed by atoms with E-state index in [2.05, 4.69) is 34.0 Å². The summed E-state index contributed by atoms with van der Waals surface area (Å²) in [6.45, 7) is 6.85. The van der Waals surface area contributed by atoms with Gasteiger partial charge in [0.1, 0.15) is 10.7 Å². The Morgan fingerprint density at radius 1 is 1.41 bits per heavy atom. The molecule has 0 aliphatic heterocycles. The second kappa shape index (κ2) is 4.80. The molecular weight excluding hydrogens is 236 g/mol. The minimum absolute atomic E-state index is 0.600. The number of aryl methyl sites for hydroxylation is 1. The summed E-state index contributed by atoms with van der Waals surface area (Å²) >= 11 is 1.25. The molecule has 0 bridgehead atoms. The Balaban J connectivity index is 2.30. The van der Waals surface area contributed by atoms with Crippen molar-refractivity contribution in [2.45, 2.75) is 33.7 Å². The van der Waals surface area contributed by atoms with Crippen LogP contribution in [-0.2, 0) is 13.0 Å². The molecule has 0 fully saturated rings. The van der Waals surface area contributed by atoms with Crippen LogP contribution in [0.5, 0.6) is 0 Å². The van der Waals surface area contributed by atoms with Crippen molar-refractivity contribution >= 4 is 16.5 Å². The molecule has 0 atom stereocenters. The van der Waals surface area contributed by atoms with E-state index < -0.39 is 0 Å². The van der Waals surface area contributed by atoms with Crippen LogP contribution < -0.4 is 11.3 Å². The fraction of sp³-hybridized carbons (Fsp3) is 0.500. The van der Waals surface area contributed by atoms with E-state index in [1.165, 1.54) is 22.8 Å². The molecule has 2 aromatic heterocycles. The average molecular weight is 252 g/mol. The normalized spacial score (nSPS) is 10.8. The number of hydrazine groups is 1. The van der Waals surface area contributed by atoms with Crippen LogP contribution in [0.1, 0.15) is 29.6 Å². The van der Waals surface area contributed by atoms with Crippen LogP contribution in [0.15, 0.2) is 0 Å². The predicted molar refractivity (Wildman–Crippen MR) is 67.9 cm³/mol. The smallest absolute Gasteiger partial charge is 0.149 e. The van der Waals surface area contributed by atoms with Crippen molar-refractivity contribution < 1.29 is 0 Å². The molecule has 0 unspecified atom stereocenters. The molecule has 0 aromatic carbocycles. The molecule has 2 aromatic rings. The van der Waals surface area contributed by atoms with Crippen LogP contribution in [0.2, 0.25) is 0 Å². The third-order valence-electron chi connectivity index (χ3n) is 2.87. The van der Waals surface area contributed by atoms with Crippen LogP contribution in [0, 0.1) is 13.8 Å². The highest BCUT2D eigenvalue weighted by Crippen LogP contribution is 2.19. The Kier molecular flexibility index (Phi) is 3.39. The Bertz CT molecular complexity index is 515. The lowest BCUT2D eigenvalue weighted by Crippen LogP contribution is -2.11. The van der Waals surface area contributed by atoms with Gasteiger partial charge < -0.3 is 5.43 Å². The Labute approximate surface area is 104 Å². The number of hydrogen-bond acceptors (Lipinski definition) is 6. The van der Waals surface area contributed by atoms with E-state index >= 15 is 0 Å². The Morgan fingerprint density at radius 2 is 2.18 bits per heavy atom. The molecule has 92 valence electrons. The largest absolute Gasteiger partial charge is 0.313 e. The van der Waals surface area contributed by atoms with Gasteiger partial charge in [-0.25, -0.2) is 5.84 Å². The van der Waals surface area contributed by atoms with E-state index in [4.69, 9.17) is 5.84 Å². The summed E-state index contributed by atoms with van der Waals surface area (Å²) in [5.74, 6) is 5.40. The van der Waals surface area contributed by atoms with Crippen LogP contribution in [0.25, 0.3) is 0 Å². The number of aromatic nitrogens is 4. The molecule has 2 heterocycles. The van der Waals surface area contributed by atoms with Crippen molar-refractivity contribution in [2.24, 2.45) is 5.84 Å². The van der Waals surface area contributed by atoms with Crippen LogP contribution in [0.3, 0.4) is 0 Å². The first-order valence-electron chi connectivity index (χ1n) is 5.48. The van der Waals surface area contributed by atoms with Gasteiger partial charge in [0.05, 0.1) is 12.2 Å². The minimum atomic E-state index is 0.600. The third kappa shape index (κ3) is 2.16. The highest BCUT2D eigenvalue weighted by molar-refractivity contribution is 7.10. The molecule has 0 radical (unpaired) electrons. The summed E-state index contributed by atoms with van der Waals surface area (Å²) in [5, 5.41) is 9.36. The lowest BCUT2D eigenvalue weighted by atomic mass is 10.1. The molecule has 0 amide bonds. The van der Waals surface area contributed by atoms with Gasteiger partial charge in [-0.05, 0) is 25.8 Å². The number of hydrogen-bond donors (Lipinski definition) is 2. The van der Waals surface area contributed by atoms with Crippen molar-refractivity contribution in [1.82, 2.24) is 19.4 Å². The van der Waals surface area contributed by atoms with Crippen LogP contribution in [0.4, 0.5) is 5.00 Å². The number of nitrogen functional groups attached to an aromatic ring is 1. The van der Waals surface area contributed by atoms with E-state index in [0.29, 0.717) is 6.54 Å². The van der Waals surface area contributed by atoms with Gasteiger partial charge in [0.25, 0.3) is 0 Å². The van der Waals surface area contributed by atoms with E-state index in [1.807, 2.05) is 11.6 Å². The molecule has 0 saturated carbocycles. The average Bonchev–Trinajstić information content (AvgIpc) is 2.85. The second-order valence-corrected chi connectivity index (χ2v) is 4.61. The zero-order valence-corrected chi connectivity index (χ0v) is 11.0. The number of anilines is 1. The van der Waals surface area contributed by atoms with E-state index in [9.17, 15) is 0 Å². The molecule has 6 nitrogen and oxygen atoms in total. The van der Waals surface area contributed by atoms with Crippen molar-refractivity contribution in [1.29, 1.82) is 0 Å². The van der Waals surface area contributed by atoms with E-state index in [-0.39, 0.29) is 0 Å². The number of nitrogens with zero attached hydrogens (tertiary/aromatic N) is 4. The maximum atomic E-state index is 5.40. The van der Waals surface area contributed by atoms with Gasteiger partial charge in [0.2, 0.25) is 0 Å². The molecule has 2 rings (SSSR count). The molecule has 0 aliphatic rings. The third-order valence-corrected chi connectivity index (χ3v) is 3.57. The van der Waals surface area contributed by atoms with Gasteiger partial charge in [0, 0.05) is 17.2 Å². The summed E-state index contributed by atoms with van der Waals surface area (Å²) in [5.41, 5.74) is 6.99. The zero-order valence-electron chi connectivity index (χ0n) is 10.2. The van der Waals surface area contributed by atoms with Crippen molar-refractivity contribution in [3.05, 3.63) is 22.6 Å². The molecular formula is C10H16N6S. The number of nitrogens with two attached hydrogens (primary N) is 1. The maximum absolute atomic E-state index is 5.40. The topological polar surface area (TPSA) is 81.7 Å². The highest BCUT2D eigenvalue weighted by Gasteiger charge is 2.13. The van der Waals surface area contributed by atoms with Gasteiger partial charge in [-0.2, -0.15) is 5.10 Å². The summed E-state index contributed by atoms with van der Waals surface area (Å²) < 4.78 is 5.83. The fourth-order valence-electron chi connectivity index (χ4n) is 1.96. The molecule has 0 saturated heterocycles. The lowest BCUT2D eigenvalue weighted by Gasteiger charge is -2.04. The number of nitrogens with one attached hydrogen (secondary N) is 1. The van der Waals surface area contributed by atoms with Crippen molar-refractivity contribution in [3.63, 3.8) is 0 Å². The fourth-order valence-corrected chi connectivity index (χ4v) is 2.45. The molecule has 7 heteroatoms. The first kappa shape index (κ1) is 12.0. The molecule has 17 heavy (non-hydrogen) atoms. The Morgan fingerprint density at radius 3 is 2.76 bits per heavy atom. The van der Waals surface area contributed by atoms with Crippen molar-refractivity contribution in [2.75, 3.05) is 5.43 Å². The SMILES string of the molecule is CCc1c(C)nn(Cc2nnsc2NN)c1C. The van der Waals surface area contributed by atoms with Gasteiger partial charge in [-0.1, -0.05) is 11.4 Å². The predicted octanol–water partition coefficient (Wildman–Crippen LogP) is 1.25. The Hall–Kier alpha value is -1.47. The van der Waals surface area contributed by atoms with E-state index in [0.717, 1.165) is 22.8 Å². The van der Waals surface area contributed by atoms with Gasteiger partial charge in [0.15, 0.2) is 0 Å². The van der Waals surface area contributed by atoms with Gasteiger partial charge in [-0.3, -0.25) is 4.68 Å². The summed E-state index contributed by atoms with van der Waals surface area (Å²) in [4.78, 5) is 0. The zero-order chi connectivity index (χ0) is 12.4. The van der Waals surface area contributed by atoms with E-state index in [1.54, 1.807) is 0 Å². The maximum Gasteiger partial charge on any atom is 0.149 e. The summed E-state index contributed by atoms with van der Waals surface area (Å²) in [6.07, 6.45) is 0.995. The summed E-state index contributed by atoms with van der Waals surface area (Å²) in [7, 11) is 0. The lowest BCUT2D eigenvalue weighted by molar-refractivity contribution is 0.645. The first-order valence-corrected chi connectivity index (χ1v) is 6.25. The molecule has 3 N–H and O–H groups in total. The minimum Gasteiger partial charge on any atom is -0.313 e. The van der Waals surface area contributed by atoms with Crippen LogP contribution >= 0.6 is 11.5 Å². The standard InChI is InChI=1S/C10H16N6S/c1-4-8-6(2)14-16(7(8)3)5-9-10(12-11)17-15-13-9/h12H,4-5,11H2,1-3H3. The highest BCUT2D eigenvalue weighted by atomic mass is 32.1. The summed E-state index contributed by atoms with van der Waals surface area (Å²) in [6, 6.07) is 0.